The minimum atomic E-state index is -0.439. The molecule has 0 aromatic rings. The second-order valence-electron chi connectivity index (χ2n) is 4.27. The molecule has 4 N–H and O–H groups in total. The SMILES string of the molecule is CCCNC(=O)NC(=O)CN1CCOC(CN)C1. The van der Waals surface area contributed by atoms with E-state index in [2.05, 4.69) is 10.6 Å². The maximum absolute atomic E-state index is 11.6. The molecule has 0 aliphatic carbocycles. The summed E-state index contributed by atoms with van der Waals surface area (Å²) in [6, 6.07) is -0.439. The second-order valence-corrected chi connectivity index (χ2v) is 4.27. The van der Waals surface area contributed by atoms with Crippen LogP contribution in [0.25, 0.3) is 0 Å². The molecule has 1 unspecified atom stereocenters. The van der Waals surface area contributed by atoms with Gasteiger partial charge in [0.15, 0.2) is 0 Å². The number of morpholine rings is 1. The first-order valence-electron chi connectivity index (χ1n) is 6.27. The molecule has 0 radical (unpaired) electrons. The fourth-order valence-electron chi connectivity index (χ4n) is 1.72. The number of nitrogens with zero attached hydrogens (tertiary/aromatic N) is 1. The number of imide groups is 1. The molecule has 7 nitrogen and oxygen atoms in total. The van der Waals surface area contributed by atoms with E-state index in [9.17, 15) is 9.59 Å². The quantitative estimate of drug-likeness (QED) is 0.580. The number of carbonyl (C=O) groups is 2. The standard InChI is InChI=1S/C11H22N4O3/c1-2-3-13-11(17)14-10(16)8-15-4-5-18-9(6-12)7-15/h9H,2-8,12H2,1H3,(H2,13,14,16,17). The monoisotopic (exact) mass is 258 g/mol. The van der Waals surface area contributed by atoms with Crippen molar-refractivity contribution in [2.75, 3.05) is 39.3 Å². The summed E-state index contributed by atoms with van der Waals surface area (Å²) in [4.78, 5) is 24.8. The summed E-state index contributed by atoms with van der Waals surface area (Å²) < 4.78 is 5.40. The molecule has 0 aromatic carbocycles. The molecule has 0 saturated carbocycles. The Bertz CT molecular complexity index is 285. The lowest BCUT2D eigenvalue weighted by atomic mass is 10.2. The summed E-state index contributed by atoms with van der Waals surface area (Å²) in [5.41, 5.74) is 5.52. The van der Waals surface area contributed by atoms with Gasteiger partial charge in [0.25, 0.3) is 0 Å². The van der Waals surface area contributed by atoms with E-state index >= 15 is 0 Å². The highest BCUT2D eigenvalue weighted by atomic mass is 16.5. The number of amides is 3. The molecule has 0 aromatic heterocycles. The molecule has 1 aliphatic heterocycles. The predicted molar refractivity (Wildman–Crippen MR) is 67.1 cm³/mol. The maximum Gasteiger partial charge on any atom is 0.321 e. The Labute approximate surface area is 107 Å². The average Bonchev–Trinajstić information content (AvgIpc) is 2.36. The highest BCUT2D eigenvalue weighted by Gasteiger charge is 2.21. The number of carbonyl (C=O) groups excluding carboxylic acids is 2. The minimum Gasteiger partial charge on any atom is -0.374 e. The zero-order valence-corrected chi connectivity index (χ0v) is 10.8. The highest BCUT2D eigenvalue weighted by Crippen LogP contribution is 2.03. The average molecular weight is 258 g/mol. The van der Waals surface area contributed by atoms with Gasteiger partial charge in [-0.3, -0.25) is 15.0 Å². The van der Waals surface area contributed by atoms with Crippen LogP contribution in [0.3, 0.4) is 0 Å². The fraction of sp³-hybridized carbons (Fsp3) is 0.818. The first-order chi connectivity index (χ1) is 8.65. The Hall–Kier alpha value is -1.18. The van der Waals surface area contributed by atoms with Gasteiger partial charge in [-0.15, -0.1) is 0 Å². The molecule has 1 aliphatic rings. The number of hydrogen-bond acceptors (Lipinski definition) is 5. The van der Waals surface area contributed by atoms with Crippen molar-refractivity contribution in [1.29, 1.82) is 0 Å². The molecule has 1 rings (SSSR count). The van der Waals surface area contributed by atoms with Crippen LogP contribution in [0.1, 0.15) is 13.3 Å². The number of nitrogens with one attached hydrogen (secondary N) is 2. The van der Waals surface area contributed by atoms with Gasteiger partial charge in [-0.05, 0) is 6.42 Å². The van der Waals surface area contributed by atoms with E-state index in [1.165, 1.54) is 0 Å². The van der Waals surface area contributed by atoms with Gasteiger partial charge in [0.05, 0.1) is 19.3 Å². The molecule has 18 heavy (non-hydrogen) atoms. The number of hydrogen-bond donors (Lipinski definition) is 3. The molecular formula is C11H22N4O3. The molecular weight excluding hydrogens is 236 g/mol. The van der Waals surface area contributed by atoms with Gasteiger partial charge in [0.1, 0.15) is 0 Å². The van der Waals surface area contributed by atoms with Crippen LogP contribution in [0.5, 0.6) is 0 Å². The molecule has 3 amide bonds. The smallest absolute Gasteiger partial charge is 0.321 e. The summed E-state index contributed by atoms with van der Waals surface area (Å²) >= 11 is 0. The number of nitrogens with two attached hydrogens (primary N) is 1. The summed E-state index contributed by atoms with van der Waals surface area (Å²) in [6.07, 6.45) is 0.809. The normalized spacial score (nSPS) is 20.4. The molecule has 1 saturated heterocycles. The van der Waals surface area contributed by atoms with Gasteiger partial charge in [-0.1, -0.05) is 6.92 Å². The largest absolute Gasteiger partial charge is 0.374 e. The van der Waals surface area contributed by atoms with Crippen molar-refractivity contribution in [2.45, 2.75) is 19.4 Å². The van der Waals surface area contributed by atoms with Gasteiger partial charge in [0, 0.05) is 26.2 Å². The Morgan fingerprint density at radius 3 is 2.94 bits per heavy atom. The van der Waals surface area contributed by atoms with Crippen LogP contribution in [0.2, 0.25) is 0 Å². The molecule has 0 bridgehead atoms. The van der Waals surface area contributed by atoms with E-state index in [1.54, 1.807) is 0 Å². The van der Waals surface area contributed by atoms with E-state index in [-0.39, 0.29) is 18.6 Å². The van der Waals surface area contributed by atoms with Gasteiger partial charge in [-0.2, -0.15) is 0 Å². The van der Waals surface area contributed by atoms with E-state index < -0.39 is 6.03 Å². The summed E-state index contributed by atoms with van der Waals surface area (Å²) in [7, 11) is 0. The molecule has 0 spiro atoms. The van der Waals surface area contributed by atoms with Gasteiger partial charge >= 0.3 is 6.03 Å². The van der Waals surface area contributed by atoms with Crippen LogP contribution in [0.4, 0.5) is 4.79 Å². The van der Waals surface area contributed by atoms with Crippen LogP contribution >= 0.6 is 0 Å². The lowest BCUT2D eigenvalue weighted by Crippen LogP contribution is -2.50. The van der Waals surface area contributed by atoms with Crippen molar-refractivity contribution < 1.29 is 14.3 Å². The molecule has 1 heterocycles. The van der Waals surface area contributed by atoms with Crippen LogP contribution in [0, 0.1) is 0 Å². The predicted octanol–water partition coefficient (Wildman–Crippen LogP) is -1.12. The zero-order valence-electron chi connectivity index (χ0n) is 10.8. The van der Waals surface area contributed by atoms with Crippen molar-refractivity contribution in [3.8, 4) is 0 Å². The summed E-state index contributed by atoms with van der Waals surface area (Å²) in [5.74, 6) is -0.304. The van der Waals surface area contributed by atoms with Crippen LogP contribution < -0.4 is 16.4 Å². The first-order valence-corrected chi connectivity index (χ1v) is 6.27. The number of rotatable bonds is 5. The Balaban J connectivity index is 2.24. The van der Waals surface area contributed by atoms with Crippen molar-refractivity contribution in [3.05, 3.63) is 0 Å². The topological polar surface area (TPSA) is 96.7 Å². The van der Waals surface area contributed by atoms with Crippen molar-refractivity contribution in [2.24, 2.45) is 5.73 Å². The minimum absolute atomic E-state index is 0.0273. The molecule has 1 fully saturated rings. The maximum atomic E-state index is 11.6. The van der Waals surface area contributed by atoms with E-state index in [1.807, 2.05) is 11.8 Å². The van der Waals surface area contributed by atoms with Crippen molar-refractivity contribution >= 4 is 11.9 Å². The van der Waals surface area contributed by atoms with Gasteiger partial charge < -0.3 is 15.8 Å². The van der Waals surface area contributed by atoms with Crippen molar-refractivity contribution in [3.63, 3.8) is 0 Å². The fourth-order valence-corrected chi connectivity index (χ4v) is 1.72. The van der Waals surface area contributed by atoms with E-state index in [0.717, 1.165) is 6.42 Å². The third-order valence-electron chi connectivity index (χ3n) is 2.64. The summed E-state index contributed by atoms with van der Waals surface area (Å²) in [5, 5.41) is 4.88. The lowest BCUT2D eigenvalue weighted by molar-refractivity contribution is -0.123. The van der Waals surface area contributed by atoms with Crippen LogP contribution in [0.15, 0.2) is 0 Å². The third kappa shape index (κ3) is 5.44. The lowest BCUT2D eigenvalue weighted by Gasteiger charge is -2.31. The zero-order chi connectivity index (χ0) is 13.4. The highest BCUT2D eigenvalue weighted by molar-refractivity contribution is 5.95. The molecule has 1 atom stereocenters. The van der Waals surface area contributed by atoms with Crippen LogP contribution in [-0.4, -0.2) is 62.3 Å². The molecule has 7 heteroatoms. The summed E-state index contributed by atoms with van der Waals surface area (Å²) in [6.45, 7) is 5.02. The van der Waals surface area contributed by atoms with Crippen LogP contribution in [-0.2, 0) is 9.53 Å². The Kier molecular flexibility index (Phi) is 6.63. The first kappa shape index (κ1) is 14.9. The number of urea groups is 1. The second kappa shape index (κ2) is 8.02. The van der Waals surface area contributed by atoms with Crippen molar-refractivity contribution in [1.82, 2.24) is 15.5 Å². The Morgan fingerprint density at radius 2 is 2.28 bits per heavy atom. The number of ether oxygens (including phenoxy) is 1. The van der Waals surface area contributed by atoms with E-state index in [4.69, 9.17) is 10.5 Å². The Morgan fingerprint density at radius 1 is 1.50 bits per heavy atom. The van der Waals surface area contributed by atoms with E-state index in [0.29, 0.717) is 32.8 Å². The van der Waals surface area contributed by atoms with Gasteiger partial charge in [-0.25, -0.2) is 4.79 Å². The van der Waals surface area contributed by atoms with Gasteiger partial charge in [0.2, 0.25) is 5.91 Å². The molecule has 104 valence electrons. The third-order valence-corrected chi connectivity index (χ3v) is 2.64.